The molecule has 0 spiro atoms. The maximum absolute atomic E-state index is 12.6. The molecule has 1 atom stereocenters. The van der Waals surface area contributed by atoms with E-state index in [1.54, 1.807) is 0 Å². The highest BCUT2D eigenvalue weighted by atomic mass is 16.2. The third-order valence-electron chi connectivity index (χ3n) is 4.29. The summed E-state index contributed by atoms with van der Waals surface area (Å²) in [6.45, 7) is 1.45. The summed E-state index contributed by atoms with van der Waals surface area (Å²) in [5.41, 5.74) is 9.33. The number of nitrogens with two attached hydrogens (primary N) is 1. The van der Waals surface area contributed by atoms with Crippen molar-refractivity contribution >= 4 is 5.91 Å². The average Bonchev–Trinajstić information content (AvgIpc) is 3.05. The summed E-state index contributed by atoms with van der Waals surface area (Å²) >= 11 is 0. The van der Waals surface area contributed by atoms with Crippen LogP contribution >= 0.6 is 0 Å². The fourth-order valence-electron chi connectivity index (χ4n) is 3.32. The summed E-state index contributed by atoms with van der Waals surface area (Å²) in [5.74, 6) is 0.196. The van der Waals surface area contributed by atoms with Crippen LogP contribution in [0.15, 0.2) is 18.2 Å². The number of benzene rings is 1. The molecule has 96 valence electrons. The first-order chi connectivity index (χ1) is 8.81. The summed E-state index contributed by atoms with van der Waals surface area (Å²) in [4.78, 5) is 14.6. The molecule has 1 aromatic rings. The predicted octanol–water partition coefficient (Wildman–Crippen LogP) is 1.74. The molecule has 18 heavy (non-hydrogen) atoms. The Labute approximate surface area is 108 Å². The number of carbonyl (C=O) groups excluding carboxylic acids is 1. The van der Waals surface area contributed by atoms with Crippen LogP contribution in [-0.4, -0.2) is 29.9 Å². The minimum absolute atomic E-state index is 0.196. The lowest BCUT2D eigenvalue weighted by atomic mass is 10.0. The van der Waals surface area contributed by atoms with Gasteiger partial charge in [-0.25, -0.2) is 0 Å². The molecule has 1 unspecified atom stereocenters. The molecule has 1 fully saturated rings. The molecule has 2 aliphatic rings. The molecule has 1 heterocycles. The normalized spacial score (nSPS) is 22.3. The zero-order chi connectivity index (χ0) is 12.5. The zero-order valence-electron chi connectivity index (χ0n) is 10.7. The van der Waals surface area contributed by atoms with Crippen molar-refractivity contribution in [3.63, 3.8) is 0 Å². The molecule has 1 amide bonds. The van der Waals surface area contributed by atoms with Gasteiger partial charge in [-0.1, -0.05) is 12.1 Å². The van der Waals surface area contributed by atoms with Gasteiger partial charge in [-0.15, -0.1) is 0 Å². The van der Waals surface area contributed by atoms with E-state index in [1.165, 1.54) is 17.5 Å². The molecule has 0 saturated carbocycles. The number of rotatable bonds is 2. The first kappa shape index (κ1) is 11.7. The number of aryl methyl sites for hydroxylation is 1. The topological polar surface area (TPSA) is 46.3 Å². The van der Waals surface area contributed by atoms with E-state index in [0.717, 1.165) is 37.8 Å². The standard InChI is InChI=1S/C15H20N2O/c16-10-12-6-3-9-17(12)15(18)14-8-2-5-11-4-1-7-13(11)14/h2,5,8,12H,1,3-4,6-7,9-10,16H2. The highest BCUT2D eigenvalue weighted by Crippen LogP contribution is 2.28. The summed E-state index contributed by atoms with van der Waals surface area (Å²) < 4.78 is 0. The highest BCUT2D eigenvalue weighted by Gasteiger charge is 2.30. The molecule has 1 aliphatic carbocycles. The Hall–Kier alpha value is -1.35. The molecule has 3 nitrogen and oxygen atoms in total. The van der Waals surface area contributed by atoms with E-state index in [9.17, 15) is 4.79 Å². The van der Waals surface area contributed by atoms with Crippen LogP contribution in [0.25, 0.3) is 0 Å². The van der Waals surface area contributed by atoms with Crippen LogP contribution in [0.2, 0.25) is 0 Å². The van der Waals surface area contributed by atoms with Gasteiger partial charge < -0.3 is 10.6 Å². The molecule has 2 N–H and O–H groups in total. The highest BCUT2D eigenvalue weighted by molar-refractivity contribution is 5.96. The van der Waals surface area contributed by atoms with Crippen molar-refractivity contribution in [1.82, 2.24) is 4.90 Å². The number of amides is 1. The van der Waals surface area contributed by atoms with Crippen LogP contribution in [0.1, 0.15) is 40.7 Å². The minimum atomic E-state index is 0.196. The first-order valence-electron chi connectivity index (χ1n) is 6.93. The van der Waals surface area contributed by atoms with E-state index >= 15 is 0 Å². The number of hydrogen-bond acceptors (Lipinski definition) is 2. The summed E-state index contributed by atoms with van der Waals surface area (Å²) in [6.07, 6.45) is 5.50. The second-order valence-electron chi connectivity index (χ2n) is 5.33. The third kappa shape index (κ3) is 1.83. The number of carbonyl (C=O) groups is 1. The predicted molar refractivity (Wildman–Crippen MR) is 71.6 cm³/mol. The fourth-order valence-corrected chi connectivity index (χ4v) is 3.32. The van der Waals surface area contributed by atoms with Crippen molar-refractivity contribution in [1.29, 1.82) is 0 Å². The Morgan fingerprint density at radius 1 is 1.33 bits per heavy atom. The molecule has 1 aromatic carbocycles. The number of fused-ring (bicyclic) bond motifs is 1. The van der Waals surface area contributed by atoms with Crippen molar-refractivity contribution in [2.24, 2.45) is 5.73 Å². The van der Waals surface area contributed by atoms with Crippen LogP contribution in [0, 0.1) is 0 Å². The van der Waals surface area contributed by atoms with Crippen LogP contribution in [0.5, 0.6) is 0 Å². The van der Waals surface area contributed by atoms with Crippen LogP contribution in [-0.2, 0) is 12.8 Å². The zero-order valence-corrected chi connectivity index (χ0v) is 10.7. The molecule has 0 aromatic heterocycles. The summed E-state index contributed by atoms with van der Waals surface area (Å²) in [6, 6.07) is 6.40. The molecular formula is C15H20N2O. The van der Waals surface area contributed by atoms with Crippen LogP contribution in [0.3, 0.4) is 0 Å². The summed E-state index contributed by atoms with van der Waals surface area (Å²) in [5, 5.41) is 0. The average molecular weight is 244 g/mol. The monoisotopic (exact) mass is 244 g/mol. The van der Waals surface area contributed by atoms with Gasteiger partial charge in [-0.05, 0) is 49.3 Å². The van der Waals surface area contributed by atoms with Crippen LogP contribution in [0.4, 0.5) is 0 Å². The van der Waals surface area contributed by atoms with Crippen molar-refractivity contribution in [2.75, 3.05) is 13.1 Å². The van der Waals surface area contributed by atoms with Crippen molar-refractivity contribution in [2.45, 2.75) is 38.1 Å². The first-order valence-corrected chi connectivity index (χ1v) is 6.93. The van der Waals surface area contributed by atoms with E-state index in [-0.39, 0.29) is 11.9 Å². The van der Waals surface area contributed by atoms with Gasteiger partial charge in [0, 0.05) is 24.7 Å². The number of likely N-dealkylation sites (tertiary alicyclic amines) is 1. The van der Waals surface area contributed by atoms with E-state index in [1.807, 2.05) is 17.0 Å². The third-order valence-corrected chi connectivity index (χ3v) is 4.29. The Morgan fingerprint density at radius 2 is 2.22 bits per heavy atom. The Kier molecular flexibility index (Phi) is 3.08. The molecule has 0 radical (unpaired) electrons. The SMILES string of the molecule is NCC1CCCN1C(=O)c1cccc2c1CCC2. The van der Waals surface area contributed by atoms with Gasteiger partial charge in [0.05, 0.1) is 0 Å². The van der Waals surface area contributed by atoms with Gasteiger partial charge in [0.1, 0.15) is 0 Å². The lowest BCUT2D eigenvalue weighted by molar-refractivity contribution is 0.0740. The maximum Gasteiger partial charge on any atom is 0.254 e. The summed E-state index contributed by atoms with van der Waals surface area (Å²) in [7, 11) is 0. The second-order valence-corrected chi connectivity index (χ2v) is 5.33. The Bertz CT molecular complexity index is 470. The molecule has 1 aliphatic heterocycles. The number of nitrogens with zero attached hydrogens (tertiary/aromatic N) is 1. The van der Waals surface area contributed by atoms with Gasteiger partial charge in [0.25, 0.3) is 5.91 Å². The fraction of sp³-hybridized carbons (Fsp3) is 0.533. The Morgan fingerprint density at radius 3 is 3.06 bits per heavy atom. The van der Waals surface area contributed by atoms with Gasteiger partial charge in [-0.3, -0.25) is 4.79 Å². The smallest absolute Gasteiger partial charge is 0.254 e. The molecule has 0 bridgehead atoms. The van der Waals surface area contributed by atoms with Gasteiger partial charge in [-0.2, -0.15) is 0 Å². The molecule has 1 saturated heterocycles. The van der Waals surface area contributed by atoms with Crippen molar-refractivity contribution < 1.29 is 4.79 Å². The molecule has 3 heteroatoms. The van der Waals surface area contributed by atoms with Crippen molar-refractivity contribution in [3.8, 4) is 0 Å². The minimum Gasteiger partial charge on any atom is -0.334 e. The molecule has 3 rings (SSSR count). The Balaban J connectivity index is 1.91. The van der Waals surface area contributed by atoms with Gasteiger partial charge in [0.2, 0.25) is 0 Å². The van der Waals surface area contributed by atoms with Crippen LogP contribution < -0.4 is 5.73 Å². The number of hydrogen-bond donors (Lipinski definition) is 1. The van der Waals surface area contributed by atoms with E-state index in [4.69, 9.17) is 5.73 Å². The molecular weight excluding hydrogens is 224 g/mol. The largest absolute Gasteiger partial charge is 0.334 e. The lowest BCUT2D eigenvalue weighted by Gasteiger charge is -2.24. The van der Waals surface area contributed by atoms with E-state index < -0.39 is 0 Å². The second kappa shape index (κ2) is 4.73. The van der Waals surface area contributed by atoms with Crippen molar-refractivity contribution in [3.05, 3.63) is 34.9 Å². The van der Waals surface area contributed by atoms with Gasteiger partial charge >= 0.3 is 0 Å². The quantitative estimate of drug-likeness (QED) is 0.861. The maximum atomic E-state index is 12.6. The van der Waals surface area contributed by atoms with E-state index in [2.05, 4.69) is 6.07 Å². The van der Waals surface area contributed by atoms with E-state index in [0.29, 0.717) is 6.54 Å². The van der Waals surface area contributed by atoms with Gasteiger partial charge in [0.15, 0.2) is 0 Å². The lowest BCUT2D eigenvalue weighted by Crippen LogP contribution is -2.40.